The van der Waals surface area contributed by atoms with Crippen molar-refractivity contribution in [2.24, 2.45) is 5.92 Å². The van der Waals surface area contributed by atoms with Gasteiger partial charge >= 0.3 is 11.9 Å². The van der Waals surface area contributed by atoms with Gasteiger partial charge in [-0.1, -0.05) is 85.1 Å². The summed E-state index contributed by atoms with van der Waals surface area (Å²) in [4.78, 5) is 24.7. The van der Waals surface area contributed by atoms with Crippen molar-refractivity contribution < 1.29 is 19.1 Å². The molecule has 0 bridgehead atoms. The van der Waals surface area contributed by atoms with E-state index in [1.54, 1.807) is 6.07 Å². The third-order valence-electron chi connectivity index (χ3n) is 5.43. The van der Waals surface area contributed by atoms with Crippen LogP contribution in [-0.2, 0) is 16.0 Å². The minimum atomic E-state index is -0.261. The van der Waals surface area contributed by atoms with E-state index in [-0.39, 0.29) is 11.9 Å². The summed E-state index contributed by atoms with van der Waals surface area (Å²) < 4.78 is 11.2. The lowest BCUT2D eigenvalue weighted by atomic mass is 10.0. The van der Waals surface area contributed by atoms with Crippen LogP contribution in [0.4, 0.5) is 0 Å². The first-order chi connectivity index (χ1) is 15.0. The maximum absolute atomic E-state index is 12.4. The Kier molecular flexibility index (Phi) is 14.7. The lowest BCUT2D eigenvalue weighted by Crippen LogP contribution is -2.12. The summed E-state index contributed by atoms with van der Waals surface area (Å²) in [6.07, 6.45) is 13.6. The zero-order valence-electron chi connectivity index (χ0n) is 20.3. The minimum Gasteiger partial charge on any atom is -0.423 e. The van der Waals surface area contributed by atoms with Crippen LogP contribution in [-0.4, -0.2) is 11.9 Å². The van der Waals surface area contributed by atoms with Crippen LogP contribution in [0.3, 0.4) is 0 Å². The molecular weight excluding hydrogens is 388 g/mol. The van der Waals surface area contributed by atoms with E-state index in [0.717, 1.165) is 56.9 Å². The number of carbonyl (C=O) groups is 2. The number of hydrogen-bond acceptors (Lipinski definition) is 4. The van der Waals surface area contributed by atoms with Gasteiger partial charge in [-0.3, -0.25) is 9.59 Å². The lowest BCUT2D eigenvalue weighted by Gasteiger charge is -2.13. The van der Waals surface area contributed by atoms with E-state index < -0.39 is 0 Å². The molecule has 0 fully saturated rings. The Labute approximate surface area is 190 Å². The first-order valence-electron chi connectivity index (χ1n) is 12.5. The molecule has 0 saturated carbocycles. The van der Waals surface area contributed by atoms with E-state index in [1.807, 2.05) is 12.1 Å². The standard InChI is InChI=1S/C27H44O4/c1-5-7-9-11-13-15-26(28)30-24-20-19-23(18-17-22(3)4)21-25(24)31-27(29)16-14-12-10-8-6-2/h19-22H,5-18H2,1-4H3. The molecule has 0 amide bonds. The van der Waals surface area contributed by atoms with Crippen molar-refractivity contribution in [1.82, 2.24) is 0 Å². The Bertz CT molecular complexity index is 636. The summed E-state index contributed by atoms with van der Waals surface area (Å²) in [5.74, 6) is 0.808. The van der Waals surface area contributed by atoms with E-state index in [2.05, 4.69) is 27.7 Å². The van der Waals surface area contributed by atoms with Crippen LogP contribution in [0.1, 0.15) is 117 Å². The van der Waals surface area contributed by atoms with Gasteiger partial charge in [-0.15, -0.1) is 0 Å². The molecule has 0 radical (unpaired) electrons. The topological polar surface area (TPSA) is 52.6 Å². The fourth-order valence-corrected chi connectivity index (χ4v) is 3.42. The molecule has 176 valence electrons. The third kappa shape index (κ3) is 13.2. The largest absolute Gasteiger partial charge is 0.423 e. The molecule has 0 aliphatic heterocycles. The number of unbranched alkanes of at least 4 members (excludes halogenated alkanes) is 8. The number of benzene rings is 1. The van der Waals surface area contributed by atoms with Crippen LogP contribution in [0.25, 0.3) is 0 Å². The van der Waals surface area contributed by atoms with Gasteiger partial charge < -0.3 is 9.47 Å². The second-order valence-electron chi connectivity index (χ2n) is 8.99. The summed E-state index contributed by atoms with van der Waals surface area (Å²) >= 11 is 0. The molecule has 4 heteroatoms. The van der Waals surface area contributed by atoms with Crippen molar-refractivity contribution in [3.05, 3.63) is 23.8 Å². The monoisotopic (exact) mass is 432 g/mol. The quantitative estimate of drug-likeness (QED) is 0.143. The normalized spacial score (nSPS) is 11.0. The van der Waals surface area contributed by atoms with Gasteiger partial charge in [0.1, 0.15) is 0 Å². The molecule has 0 N–H and O–H groups in total. The summed E-state index contributed by atoms with van der Waals surface area (Å²) in [5, 5.41) is 0. The molecule has 1 rings (SSSR count). The van der Waals surface area contributed by atoms with Gasteiger partial charge in [0.25, 0.3) is 0 Å². The molecular formula is C27H44O4. The number of hydrogen-bond donors (Lipinski definition) is 0. The second kappa shape index (κ2) is 16.8. The first-order valence-corrected chi connectivity index (χ1v) is 12.5. The first kappa shape index (κ1) is 27.2. The van der Waals surface area contributed by atoms with Crippen LogP contribution in [0.15, 0.2) is 18.2 Å². The van der Waals surface area contributed by atoms with Gasteiger partial charge in [-0.05, 0) is 49.3 Å². The van der Waals surface area contributed by atoms with Gasteiger partial charge in [-0.2, -0.15) is 0 Å². The molecule has 0 atom stereocenters. The second-order valence-corrected chi connectivity index (χ2v) is 8.99. The highest BCUT2D eigenvalue weighted by molar-refractivity contribution is 5.76. The van der Waals surface area contributed by atoms with Gasteiger partial charge in [-0.25, -0.2) is 0 Å². The summed E-state index contributed by atoms with van der Waals surface area (Å²) in [6.45, 7) is 8.73. The van der Waals surface area contributed by atoms with Crippen LogP contribution in [0, 0.1) is 5.92 Å². The van der Waals surface area contributed by atoms with Crippen molar-refractivity contribution in [2.45, 2.75) is 118 Å². The van der Waals surface area contributed by atoms with Crippen molar-refractivity contribution >= 4 is 11.9 Å². The smallest absolute Gasteiger partial charge is 0.311 e. The Morgan fingerprint density at radius 1 is 0.742 bits per heavy atom. The van der Waals surface area contributed by atoms with Gasteiger partial charge in [0.05, 0.1) is 0 Å². The molecule has 1 aromatic carbocycles. The number of esters is 2. The molecule has 31 heavy (non-hydrogen) atoms. The summed E-state index contributed by atoms with van der Waals surface area (Å²) in [7, 11) is 0. The molecule has 0 aromatic heterocycles. The SMILES string of the molecule is CCCCCCCC(=O)Oc1ccc(CCC(C)C)cc1OC(=O)CCCCCCC. The Hall–Kier alpha value is -1.84. The average molecular weight is 433 g/mol. The highest BCUT2D eigenvalue weighted by Gasteiger charge is 2.15. The Morgan fingerprint density at radius 2 is 1.26 bits per heavy atom. The van der Waals surface area contributed by atoms with Crippen molar-refractivity contribution in [3.8, 4) is 11.5 Å². The van der Waals surface area contributed by atoms with Crippen LogP contribution >= 0.6 is 0 Å². The maximum atomic E-state index is 12.4. The predicted octanol–water partition coefficient (Wildman–Crippen LogP) is 7.81. The highest BCUT2D eigenvalue weighted by atomic mass is 16.6. The number of ether oxygens (including phenoxy) is 2. The fraction of sp³-hybridized carbons (Fsp3) is 0.704. The maximum Gasteiger partial charge on any atom is 0.311 e. The van der Waals surface area contributed by atoms with Crippen molar-refractivity contribution in [2.75, 3.05) is 0 Å². The zero-order chi connectivity index (χ0) is 22.9. The van der Waals surface area contributed by atoms with Gasteiger partial charge in [0, 0.05) is 12.8 Å². The van der Waals surface area contributed by atoms with Crippen molar-refractivity contribution in [3.63, 3.8) is 0 Å². The van der Waals surface area contributed by atoms with Crippen LogP contribution < -0.4 is 9.47 Å². The molecule has 0 unspecified atom stereocenters. The zero-order valence-corrected chi connectivity index (χ0v) is 20.3. The molecule has 1 aromatic rings. The van der Waals surface area contributed by atoms with Crippen molar-refractivity contribution in [1.29, 1.82) is 0 Å². The molecule has 0 heterocycles. The average Bonchev–Trinajstić information content (AvgIpc) is 2.73. The van der Waals surface area contributed by atoms with E-state index in [1.165, 1.54) is 25.7 Å². The molecule has 0 aliphatic carbocycles. The Balaban J connectivity index is 2.69. The molecule has 0 spiro atoms. The number of carbonyl (C=O) groups excluding carboxylic acids is 2. The molecule has 0 aliphatic rings. The number of aryl methyl sites for hydroxylation is 1. The van der Waals surface area contributed by atoms with E-state index in [9.17, 15) is 9.59 Å². The number of rotatable bonds is 17. The summed E-state index contributed by atoms with van der Waals surface area (Å²) in [6, 6.07) is 5.60. The van der Waals surface area contributed by atoms with E-state index in [4.69, 9.17) is 9.47 Å². The van der Waals surface area contributed by atoms with E-state index in [0.29, 0.717) is 30.3 Å². The predicted molar refractivity (Wildman–Crippen MR) is 128 cm³/mol. The Morgan fingerprint density at radius 3 is 1.77 bits per heavy atom. The lowest BCUT2D eigenvalue weighted by molar-refractivity contribution is -0.137. The van der Waals surface area contributed by atoms with Gasteiger partial charge in [0.2, 0.25) is 0 Å². The fourth-order valence-electron chi connectivity index (χ4n) is 3.42. The molecule has 0 saturated heterocycles. The third-order valence-corrected chi connectivity index (χ3v) is 5.43. The molecule has 4 nitrogen and oxygen atoms in total. The van der Waals surface area contributed by atoms with E-state index >= 15 is 0 Å². The van der Waals surface area contributed by atoms with Crippen LogP contribution in [0.2, 0.25) is 0 Å². The van der Waals surface area contributed by atoms with Crippen LogP contribution in [0.5, 0.6) is 11.5 Å². The van der Waals surface area contributed by atoms with Gasteiger partial charge in [0.15, 0.2) is 11.5 Å². The highest BCUT2D eigenvalue weighted by Crippen LogP contribution is 2.30. The summed E-state index contributed by atoms with van der Waals surface area (Å²) in [5.41, 5.74) is 1.10. The minimum absolute atomic E-state index is 0.255.